The van der Waals surface area contributed by atoms with Crippen molar-refractivity contribution in [2.45, 2.75) is 6.04 Å². The van der Waals surface area contributed by atoms with Crippen LogP contribution in [0.25, 0.3) is 0 Å². The first-order valence-electron chi connectivity index (χ1n) is 10.4. The topological polar surface area (TPSA) is 99.4 Å². The maximum atomic E-state index is 11.8. The smallest absolute Gasteiger partial charge is 0.256 e. The van der Waals surface area contributed by atoms with Crippen molar-refractivity contribution in [3.8, 4) is 17.7 Å². The molecule has 1 fully saturated rings. The fourth-order valence-corrected chi connectivity index (χ4v) is 4.46. The molecule has 8 nitrogen and oxygen atoms in total. The van der Waals surface area contributed by atoms with Gasteiger partial charge in [0.15, 0.2) is 0 Å². The molecule has 3 aromatic rings. The Morgan fingerprint density at radius 1 is 1.21 bits per heavy atom. The quantitative estimate of drug-likeness (QED) is 0.481. The Morgan fingerprint density at radius 3 is 2.65 bits per heavy atom. The zero-order chi connectivity index (χ0) is 24.3. The monoisotopic (exact) mass is 495 g/mol. The van der Waals surface area contributed by atoms with Gasteiger partial charge in [0, 0.05) is 42.4 Å². The van der Waals surface area contributed by atoms with Crippen LogP contribution >= 0.6 is 11.6 Å². The number of anilines is 1. The number of hydrogen-bond donors (Lipinski definition) is 0. The third-order valence-corrected chi connectivity index (χ3v) is 6.59. The lowest BCUT2D eigenvalue weighted by Gasteiger charge is -2.27. The Balaban J connectivity index is 1.67. The molecule has 2 heterocycles. The fraction of sp³-hybridized carbons (Fsp3) is 0.208. The SMILES string of the molecule is C=C1N(CCS(C)(=O)=O)C[C@H](c2cccc(Oc3nccnc3C#N)c2)N1c1ccc(Cl)cc1. The Morgan fingerprint density at radius 2 is 1.94 bits per heavy atom. The van der Waals surface area contributed by atoms with Gasteiger partial charge in [0.25, 0.3) is 5.88 Å². The molecule has 34 heavy (non-hydrogen) atoms. The molecule has 1 aliphatic heterocycles. The first-order chi connectivity index (χ1) is 16.2. The van der Waals surface area contributed by atoms with Gasteiger partial charge < -0.3 is 14.5 Å². The zero-order valence-electron chi connectivity index (χ0n) is 18.4. The second-order valence-electron chi connectivity index (χ2n) is 7.85. The molecule has 0 aliphatic carbocycles. The van der Waals surface area contributed by atoms with Gasteiger partial charge in [-0.25, -0.2) is 18.4 Å². The number of ether oxygens (including phenoxy) is 1. The van der Waals surface area contributed by atoms with Gasteiger partial charge in [0.1, 0.15) is 27.5 Å². The normalized spacial score (nSPS) is 15.9. The van der Waals surface area contributed by atoms with Gasteiger partial charge in [-0.05, 0) is 42.0 Å². The van der Waals surface area contributed by atoms with Crippen LogP contribution in [0, 0.1) is 11.3 Å². The Hall–Kier alpha value is -3.61. The van der Waals surface area contributed by atoms with Crippen molar-refractivity contribution in [3.05, 3.63) is 89.6 Å². The molecule has 0 bridgehead atoms. The zero-order valence-corrected chi connectivity index (χ0v) is 20.0. The number of nitrogens with zero attached hydrogens (tertiary/aromatic N) is 5. The molecule has 2 aromatic carbocycles. The third-order valence-electron chi connectivity index (χ3n) is 5.41. The summed E-state index contributed by atoms with van der Waals surface area (Å²) in [4.78, 5) is 12.1. The van der Waals surface area contributed by atoms with Crippen molar-refractivity contribution in [2.24, 2.45) is 0 Å². The highest BCUT2D eigenvalue weighted by Gasteiger charge is 2.35. The second-order valence-corrected chi connectivity index (χ2v) is 10.5. The summed E-state index contributed by atoms with van der Waals surface area (Å²) < 4.78 is 29.4. The molecule has 1 aliphatic rings. The van der Waals surface area contributed by atoms with Crippen LogP contribution in [0.5, 0.6) is 11.6 Å². The van der Waals surface area contributed by atoms with Gasteiger partial charge in [-0.3, -0.25) is 0 Å². The molecule has 0 amide bonds. The van der Waals surface area contributed by atoms with Gasteiger partial charge in [-0.1, -0.05) is 30.3 Å². The molecular weight excluding hydrogens is 474 g/mol. The van der Waals surface area contributed by atoms with Gasteiger partial charge in [-0.2, -0.15) is 5.26 Å². The summed E-state index contributed by atoms with van der Waals surface area (Å²) in [7, 11) is -3.13. The summed E-state index contributed by atoms with van der Waals surface area (Å²) in [5.74, 6) is 1.36. The largest absolute Gasteiger partial charge is 0.436 e. The van der Waals surface area contributed by atoms with Gasteiger partial charge >= 0.3 is 0 Å². The lowest BCUT2D eigenvalue weighted by Crippen LogP contribution is -2.27. The predicted molar refractivity (Wildman–Crippen MR) is 130 cm³/mol. The maximum absolute atomic E-state index is 11.8. The van der Waals surface area contributed by atoms with Crippen LogP contribution in [0.15, 0.2) is 73.3 Å². The van der Waals surface area contributed by atoms with Crippen LogP contribution in [0.1, 0.15) is 17.3 Å². The van der Waals surface area contributed by atoms with E-state index in [0.29, 0.717) is 29.7 Å². The van der Waals surface area contributed by atoms with E-state index in [2.05, 4.69) is 21.4 Å². The number of sulfone groups is 1. The number of rotatable bonds is 7. The number of nitriles is 1. The molecule has 0 saturated carbocycles. The van der Waals surface area contributed by atoms with E-state index in [4.69, 9.17) is 16.3 Å². The van der Waals surface area contributed by atoms with Gasteiger partial charge in [0.05, 0.1) is 11.8 Å². The van der Waals surface area contributed by atoms with Crippen molar-refractivity contribution in [2.75, 3.05) is 30.0 Å². The number of benzene rings is 2. The number of hydrogen-bond acceptors (Lipinski definition) is 8. The van der Waals surface area contributed by atoms with Crippen LogP contribution in [-0.2, 0) is 9.84 Å². The van der Waals surface area contributed by atoms with Crippen molar-refractivity contribution >= 4 is 27.1 Å². The summed E-state index contributed by atoms with van der Waals surface area (Å²) in [5, 5.41) is 9.88. The Labute approximate surface area is 203 Å². The van der Waals surface area contributed by atoms with E-state index in [0.717, 1.165) is 11.3 Å². The average Bonchev–Trinajstić information content (AvgIpc) is 3.14. The lowest BCUT2D eigenvalue weighted by molar-refractivity contribution is 0.406. The minimum atomic E-state index is -3.13. The molecule has 1 aromatic heterocycles. The summed E-state index contributed by atoms with van der Waals surface area (Å²) in [6.07, 6.45) is 4.12. The van der Waals surface area contributed by atoms with Crippen molar-refractivity contribution in [1.82, 2.24) is 14.9 Å². The van der Waals surface area contributed by atoms with Crippen molar-refractivity contribution in [1.29, 1.82) is 5.26 Å². The summed E-state index contributed by atoms with van der Waals surface area (Å²) in [5.41, 5.74) is 1.91. The average molecular weight is 496 g/mol. The first-order valence-corrected chi connectivity index (χ1v) is 12.8. The minimum absolute atomic E-state index is 0.0277. The van der Waals surface area contributed by atoms with Crippen LogP contribution in [0.3, 0.4) is 0 Å². The lowest BCUT2D eigenvalue weighted by atomic mass is 10.1. The van der Waals surface area contributed by atoms with E-state index in [1.54, 1.807) is 18.2 Å². The molecule has 0 radical (unpaired) electrons. The predicted octanol–water partition coefficient (Wildman–Crippen LogP) is 4.17. The Bertz CT molecular complexity index is 1360. The summed E-state index contributed by atoms with van der Waals surface area (Å²) in [6.45, 7) is 5.11. The third kappa shape index (κ3) is 5.30. The molecule has 0 N–H and O–H groups in total. The summed E-state index contributed by atoms with van der Waals surface area (Å²) >= 11 is 6.09. The Kier molecular flexibility index (Phi) is 6.72. The molecule has 10 heteroatoms. The number of aromatic nitrogens is 2. The van der Waals surface area contributed by atoms with E-state index in [-0.39, 0.29) is 23.4 Å². The minimum Gasteiger partial charge on any atom is -0.436 e. The highest BCUT2D eigenvalue weighted by Crippen LogP contribution is 2.39. The van der Waals surface area contributed by atoms with Crippen LogP contribution in [0.2, 0.25) is 5.02 Å². The van der Waals surface area contributed by atoms with Gasteiger partial charge in [0.2, 0.25) is 5.69 Å². The van der Waals surface area contributed by atoms with E-state index >= 15 is 0 Å². The molecule has 1 atom stereocenters. The molecular formula is C24H22ClN5O3S. The van der Waals surface area contributed by atoms with Crippen molar-refractivity contribution in [3.63, 3.8) is 0 Å². The standard InChI is InChI=1S/C24H22ClN5O3S/c1-17-29(12-13-34(2,31)32)16-23(30(17)20-8-6-19(25)7-9-20)18-4-3-5-21(14-18)33-24-22(15-26)27-10-11-28-24/h3-11,14,23H,1,12-13,16H2,2H3/t23-/m1/s1. The van der Waals surface area contributed by atoms with E-state index in [1.165, 1.54) is 18.6 Å². The van der Waals surface area contributed by atoms with Crippen molar-refractivity contribution < 1.29 is 13.2 Å². The van der Waals surface area contributed by atoms with E-state index in [1.807, 2.05) is 41.3 Å². The fourth-order valence-electron chi connectivity index (χ4n) is 3.78. The number of halogens is 1. The first kappa shape index (κ1) is 23.5. The highest BCUT2D eigenvalue weighted by molar-refractivity contribution is 7.90. The second kappa shape index (κ2) is 9.71. The van der Waals surface area contributed by atoms with Crippen LogP contribution in [0.4, 0.5) is 5.69 Å². The molecule has 174 valence electrons. The molecule has 1 saturated heterocycles. The summed E-state index contributed by atoms with van der Waals surface area (Å²) in [6, 6.07) is 16.7. The van der Waals surface area contributed by atoms with Crippen LogP contribution < -0.4 is 9.64 Å². The van der Waals surface area contributed by atoms with Gasteiger partial charge in [-0.15, -0.1) is 0 Å². The van der Waals surface area contributed by atoms with E-state index < -0.39 is 9.84 Å². The maximum Gasteiger partial charge on any atom is 0.256 e. The molecule has 0 unspecified atom stereocenters. The van der Waals surface area contributed by atoms with E-state index in [9.17, 15) is 13.7 Å². The molecule has 0 spiro atoms. The van der Waals surface area contributed by atoms with Crippen LogP contribution in [-0.4, -0.2) is 48.4 Å². The molecule has 4 rings (SSSR count). The highest BCUT2D eigenvalue weighted by atomic mass is 35.5.